The van der Waals surface area contributed by atoms with Gasteiger partial charge in [0.15, 0.2) is 0 Å². The van der Waals surface area contributed by atoms with Crippen molar-refractivity contribution in [1.82, 2.24) is 0 Å². The molecule has 0 spiro atoms. The predicted molar refractivity (Wildman–Crippen MR) is 114 cm³/mol. The number of benzene rings is 1. The summed E-state index contributed by atoms with van der Waals surface area (Å²) in [6, 6.07) is 8.72. The third-order valence-corrected chi connectivity index (χ3v) is 6.95. The molecule has 0 amide bonds. The van der Waals surface area contributed by atoms with Crippen molar-refractivity contribution in [3.63, 3.8) is 0 Å². The van der Waals surface area contributed by atoms with Crippen LogP contribution in [0.5, 0.6) is 0 Å². The summed E-state index contributed by atoms with van der Waals surface area (Å²) in [6.45, 7) is 6.27. The van der Waals surface area contributed by atoms with Crippen LogP contribution in [-0.4, -0.2) is 19.5 Å². The molecule has 0 radical (unpaired) electrons. The molecular formula is C20H28INO3S. The van der Waals surface area contributed by atoms with E-state index in [4.69, 9.17) is 9.44 Å². The predicted octanol–water partition coefficient (Wildman–Crippen LogP) is 5.42. The number of unbranched alkanes of at least 4 members (excludes halogenated alkanes) is 1. The standard InChI is InChI=1S/C20H28INO3S/c1-17-7-9-19(10-8-17)26(23,24)25-16-11-18(2)20(3,13-6-15-22)12-4-5-14-21/h6-10,13,18H,4-5,11-12,14,16H2,1-3H3/b13-6+/t18-,20-/m0/s1. The maximum atomic E-state index is 12.3. The summed E-state index contributed by atoms with van der Waals surface area (Å²) < 4.78 is 30.9. The fourth-order valence-electron chi connectivity index (χ4n) is 2.76. The van der Waals surface area contributed by atoms with Crippen molar-refractivity contribution in [2.75, 3.05) is 11.0 Å². The van der Waals surface area contributed by atoms with Crippen LogP contribution in [0.4, 0.5) is 0 Å². The molecule has 26 heavy (non-hydrogen) atoms. The highest BCUT2D eigenvalue weighted by Crippen LogP contribution is 2.37. The molecule has 0 aliphatic rings. The molecule has 0 unspecified atom stereocenters. The van der Waals surface area contributed by atoms with Gasteiger partial charge in [0.25, 0.3) is 10.1 Å². The van der Waals surface area contributed by atoms with Gasteiger partial charge in [-0.05, 0) is 54.1 Å². The van der Waals surface area contributed by atoms with Gasteiger partial charge in [-0.15, -0.1) is 0 Å². The Kier molecular flexibility index (Phi) is 9.83. The lowest BCUT2D eigenvalue weighted by molar-refractivity contribution is 0.196. The van der Waals surface area contributed by atoms with Gasteiger partial charge in [0.2, 0.25) is 0 Å². The topological polar surface area (TPSA) is 67.2 Å². The number of hydrogen-bond acceptors (Lipinski definition) is 4. The number of nitriles is 1. The van der Waals surface area contributed by atoms with Crippen molar-refractivity contribution < 1.29 is 12.6 Å². The molecule has 0 saturated heterocycles. The van der Waals surface area contributed by atoms with E-state index in [1.807, 2.05) is 13.0 Å². The highest BCUT2D eigenvalue weighted by molar-refractivity contribution is 14.1. The van der Waals surface area contributed by atoms with Gasteiger partial charge in [-0.2, -0.15) is 13.7 Å². The number of allylic oxidation sites excluding steroid dienone is 2. The summed E-state index contributed by atoms with van der Waals surface area (Å²) in [7, 11) is -3.73. The number of halogens is 1. The van der Waals surface area contributed by atoms with Gasteiger partial charge in [0.05, 0.1) is 17.6 Å². The van der Waals surface area contributed by atoms with E-state index in [0.717, 1.165) is 29.3 Å². The van der Waals surface area contributed by atoms with E-state index >= 15 is 0 Å². The fraction of sp³-hybridized carbons (Fsp3) is 0.550. The molecular weight excluding hydrogens is 461 g/mol. The summed E-state index contributed by atoms with van der Waals surface area (Å²) >= 11 is 2.37. The first kappa shape index (κ1) is 23.1. The Bertz CT molecular complexity index is 722. The fourth-order valence-corrected chi connectivity index (χ4v) is 4.22. The van der Waals surface area contributed by atoms with Crippen molar-refractivity contribution in [2.24, 2.45) is 11.3 Å². The van der Waals surface area contributed by atoms with Gasteiger partial charge in [-0.25, -0.2) is 0 Å². The zero-order valence-electron chi connectivity index (χ0n) is 15.7. The van der Waals surface area contributed by atoms with Crippen molar-refractivity contribution >= 4 is 32.7 Å². The van der Waals surface area contributed by atoms with Crippen LogP contribution in [0.1, 0.15) is 45.1 Å². The molecule has 0 heterocycles. The summed E-state index contributed by atoms with van der Waals surface area (Å²) in [4.78, 5) is 0.185. The Morgan fingerprint density at radius 3 is 2.54 bits per heavy atom. The first-order valence-corrected chi connectivity index (χ1v) is 11.8. The molecule has 6 heteroatoms. The molecule has 144 valence electrons. The van der Waals surface area contributed by atoms with Crippen LogP contribution in [0.2, 0.25) is 0 Å². The molecule has 1 aromatic rings. The Morgan fingerprint density at radius 2 is 1.96 bits per heavy atom. The minimum Gasteiger partial charge on any atom is -0.266 e. The lowest BCUT2D eigenvalue weighted by Crippen LogP contribution is -2.25. The van der Waals surface area contributed by atoms with E-state index in [2.05, 4.69) is 42.5 Å². The second-order valence-electron chi connectivity index (χ2n) is 6.89. The Morgan fingerprint density at radius 1 is 1.31 bits per heavy atom. The highest BCUT2D eigenvalue weighted by atomic mass is 127. The first-order chi connectivity index (χ1) is 12.2. The highest BCUT2D eigenvalue weighted by Gasteiger charge is 2.28. The van der Waals surface area contributed by atoms with Crippen LogP contribution in [0.3, 0.4) is 0 Å². The van der Waals surface area contributed by atoms with Gasteiger partial charge >= 0.3 is 0 Å². The SMILES string of the molecule is Cc1ccc(S(=O)(=O)OCC[C@H](C)[C@](C)(/C=C/C#N)CCCCI)cc1. The third-order valence-electron chi connectivity index (χ3n) is 4.86. The molecule has 0 bridgehead atoms. The van der Waals surface area contributed by atoms with Gasteiger partial charge in [-0.1, -0.05) is 66.6 Å². The monoisotopic (exact) mass is 489 g/mol. The maximum absolute atomic E-state index is 12.3. The normalized spacial score (nSPS) is 15.5. The van der Waals surface area contributed by atoms with Crippen molar-refractivity contribution in [3.05, 3.63) is 42.0 Å². The minimum atomic E-state index is -3.73. The molecule has 0 saturated carbocycles. The van der Waals surface area contributed by atoms with Gasteiger partial charge in [-0.3, -0.25) is 4.18 Å². The quantitative estimate of drug-likeness (QED) is 0.137. The molecule has 0 aliphatic carbocycles. The molecule has 1 rings (SSSR count). The lowest BCUT2D eigenvalue weighted by Gasteiger charge is -2.33. The number of nitrogens with zero attached hydrogens (tertiary/aromatic N) is 1. The van der Waals surface area contributed by atoms with E-state index in [-0.39, 0.29) is 22.8 Å². The van der Waals surface area contributed by atoms with Crippen molar-refractivity contribution in [2.45, 2.75) is 51.3 Å². The van der Waals surface area contributed by atoms with Gasteiger partial charge in [0.1, 0.15) is 0 Å². The van der Waals surface area contributed by atoms with Crippen LogP contribution in [0.25, 0.3) is 0 Å². The number of alkyl halides is 1. The Labute approximate surface area is 171 Å². The van der Waals surface area contributed by atoms with E-state index in [1.54, 1.807) is 24.3 Å². The largest absolute Gasteiger partial charge is 0.296 e. The van der Waals surface area contributed by atoms with Gasteiger partial charge < -0.3 is 0 Å². The van der Waals surface area contributed by atoms with E-state index in [0.29, 0.717) is 6.42 Å². The molecule has 0 fully saturated rings. The van der Waals surface area contributed by atoms with E-state index in [1.165, 1.54) is 6.08 Å². The smallest absolute Gasteiger partial charge is 0.266 e. The molecule has 0 aromatic heterocycles. The lowest BCUT2D eigenvalue weighted by atomic mass is 9.73. The van der Waals surface area contributed by atoms with E-state index < -0.39 is 10.1 Å². The third kappa shape index (κ3) is 7.37. The summed E-state index contributed by atoms with van der Waals surface area (Å²) in [6.07, 6.45) is 7.30. The average molecular weight is 489 g/mol. The Hall–Kier alpha value is -0.910. The molecule has 4 nitrogen and oxygen atoms in total. The maximum Gasteiger partial charge on any atom is 0.296 e. The number of aryl methyl sites for hydroxylation is 1. The van der Waals surface area contributed by atoms with Crippen molar-refractivity contribution in [1.29, 1.82) is 5.26 Å². The molecule has 0 N–H and O–H groups in total. The van der Waals surface area contributed by atoms with E-state index in [9.17, 15) is 8.42 Å². The zero-order chi connectivity index (χ0) is 19.6. The number of rotatable bonds is 11. The zero-order valence-corrected chi connectivity index (χ0v) is 18.7. The molecule has 0 aliphatic heterocycles. The number of hydrogen-bond donors (Lipinski definition) is 0. The minimum absolute atomic E-state index is 0.139. The second kappa shape index (κ2) is 11.1. The van der Waals surface area contributed by atoms with Crippen LogP contribution in [-0.2, 0) is 14.3 Å². The average Bonchev–Trinajstić information content (AvgIpc) is 2.60. The van der Waals surface area contributed by atoms with Crippen LogP contribution < -0.4 is 0 Å². The van der Waals surface area contributed by atoms with Crippen molar-refractivity contribution in [3.8, 4) is 6.07 Å². The summed E-state index contributed by atoms with van der Waals surface area (Å²) in [5, 5.41) is 8.87. The first-order valence-electron chi connectivity index (χ1n) is 8.84. The Balaban J connectivity index is 2.69. The summed E-state index contributed by atoms with van der Waals surface area (Å²) in [5.74, 6) is 0.203. The van der Waals surface area contributed by atoms with Gasteiger partial charge in [0, 0.05) is 6.08 Å². The van der Waals surface area contributed by atoms with Crippen LogP contribution in [0.15, 0.2) is 41.3 Å². The summed E-state index contributed by atoms with van der Waals surface area (Å²) in [5.41, 5.74) is 0.863. The van der Waals surface area contributed by atoms with Crippen LogP contribution in [0, 0.1) is 29.6 Å². The molecule has 1 aromatic carbocycles. The second-order valence-corrected chi connectivity index (χ2v) is 9.59. The van der Waals surface area contributed by atoms with Crippen LogP contribution >= 0.6 is 22.6 Å². The molecule has 2 atom stereocenters.